The molecule has 0 fully saturated rings. The van der Waals surface area contributed by atoms with Gasteiger partial charge in [-0.25, -0.2) is 0 Å². The van der Waals surface area contributed by atoms with Crippen LogP contribution in [0, 0.1) is 0 Å². The van der Waals surface area contributed by atoms with Crippen molar-refractivity contribution >= 4 is 22.9 Å². The zero-order chi connectivity index (χ0) is 12.0. The zero-order valence-electron chi connectivity index (χ0n) is 10.3. The van der Waals surface area contributed by atoms with Gasteiger partial charge in [-0.1, -0.05) is 11.6 Å². The molecule has 0 aliphatic carbocycles. The van der Waals surface area contributed by atoms with Crippen LogP contribution in [-0.4, -0.2) is 31.1 Å². The van der Waals surface area contributed by atoms with Gasteiger partial charge in [-0.15, -0.1) is 11.3 Å². The van der Waals surface area contributed by atoms with Crippen molar-refractivity contribution in [2.45, 2.75) is 32.9 Å². The third-order valence-electron chi connectivity index (χ3n) is 2.67. The summed E-state index contributed by atoms with van der Waals surface area (Å²) in [7, 11) is 2.17. The summed E-state index contributed by atoms with van der Waals surface area (Å²) in [6, 6.07) is 2.66. The molecule has 0 aliphatic heterocycles. The fourth-order valence-electron chi connectivity index (χ4n) is 1.37. The van der Waals surface area contributed by atoms with Gasteiger partial charge in [-0.2, -0.15) is 0 Å². The maximum absolute atomic E-state index is 5.85. The molecule has 0 unspecified atom stereocenters. The minimum atomic E-state index is 0.635. The Bertz CT molecular complexity index is 299. The zero-order valence-corrected chi connectivity index (χ0v) is 11.9. The lowest BCUT2D eigenvalue weighted by atomic mass is 10.3. The molecule has 1 heterocycles. The summed E-state index contributed by atoms with van der Waals surface area (Å²) < 4.78 is 0. The van der Waals surface area contributed by atoms with Gasteiger partial charge in [0.25, 0.3) is 0 Å². The summed E-state index contributed by atoms with van der Waals surface area (Å²) in [5.74, 6) is 0. The summed E-state index contributed by atoms with van der Waals surface area (Å²) in [5, 5.41) is 6.26. The van der Waals surface area contributed by atoms with E-state index in [-0.39, 0.29) is 0 Å². The fraction of sp³-hybridized carbons (Fsp3) is 0.667. The Balaban J connectivity index is 2.04. The molecule has 0 aliphatic rings. The van der Waals surface area contributed by atoms with Crippen molar-refractivity contribution < 1.29 is 0 Å². The van der Waals surface area contributed by atoms with Crippen LogP contribution >= 0.6 is 22.9 Å². The van der Waals surface area contributed by atoms with Gasteiger partial charge < -0.3 is 10.2 Å². The molecule has 16 heavy (non-hydrogen) atoms. The molecule has 0 radical (unpaired) electrons. The molecular formula is C12H21ClN2S. The SMILES string of the molecule is CC(C)N(C)CCCNCc1cc(Cl)cs1. The summed E-state index contributed by atoms with van der Waals surface area (Å²) in [4.78, 5) is 3.67. The van der Waals surface area contributed by atoms with E-state index < -0.39 is 0 Å². The molecular weight excluding hydrogens is 240 g/mol. The topological polar surface area (TPSA) is 15.3 Å². The standard InChI is InChI=1S/C12H21ClN2S/c1-10(2)15(3)6-4-5-14-8-12-7-11(13)9-16-12/h7,9-10,14H,4-6,8H2,1-3H3. The van der Waals surface area contributed by atoms with E-state index in [9.17, 15) is 0 Å². The van der Waals surface area contributed by atoms with E-state index >= 15 is 0 Å². The smallest absolute Gasteiger partial charge is 0.0516 e. The quantitative estimate of drug-likeness (QED) is 0.758. The highest BCUT2D eigenvalue weighted by Crippen LogP contribution is 2.18. The number of nitrogens with one attached hydrogen (secondary N) is 1. The normalized spacial score (nSPS) is 11.6. The molecule has 0 bridgehead atoms. The minimum absolute atomic E-state index is 0.635. The van der Waals surface area contributed by atoms with Crippen molar-refractivity contribution in [1.82, 2.24) is 10.2 Å². The fourth-order valence-corrected chi connectivity index (χ4v) is 2.41. The van der Waals surface area contributed by atoms with Crippen LogP contribution in [0.25, 0.3) is 0 Å². The number of hydrogen-bond donors (Lipinski definition) is 1. The first-order valence-electron chi connectivity index (χ1n) is 5.73. The van der Waals surface area contributed by atoms with Crippen LogP contribution in [0.2, 0.25) is 5.02 Å². The lowest BCUT2D eigenvalue weighted by Crippen LogP contribution is -2.29. The first-order chi connectivity index (χ1) is 7.59. The molecule has 1 aromatic heterocycles. The Morgan fingerprint density at radius 1 is 1.50 bits per heavy atom. The molecule has 1 rings (SSSR count). The Labute approximate surface area is 108 Å². The highest BCUT2D eigenvalue weighted by atomic mass is 35.5. The Morgan fingerprint density at radius 3 is 2.81 bits per heavy atom. The molecule has 0 aromatic carbocycles. The average molecular weight is 261 g/mol. The third-order valence-corrected chi connectivity index (χ3v) is 3.95. The summed E-state index contributed by atoms with van der Waals surface area (Å²) in [6.07, 6.45) is 1.19. The van der Waals surface area contributed by atoms with Crippen molar-refractivity contribution in [3.05, 3.63) is 21.3 Å². The lowest BCUT2D eigenvalue weighted by Gasteiger charge is -2.20. The number of nitrogens with zero attached hydrogens (tertiary/aromatic N) is 1. The number of thiophene rings is 1. The van der Waals surface area contributed by atoms with Crippen LogP contribution in [0.15, 0.2) is 11.4 Å². The van der Waals surface area contributed by atoms with Crippen molar-refractivity contribution in [3.8, 4) is 0 Å². The van der Waals surface area contributed by atoms with E-state index in [1.54, 1.807) is 11.3 Å². The van der Waals surface area contributed by atoms with Crippen LogP contribution < -0.4 is 5.32 Å². The Morgan fingerprint density at radius 2 is 2.25 bits per heavy atom. The van der Waals surface area contributed by atoms with Gasteiger partial charge in [0, 0.05) is 22.8 Å². The molecule has 92 valence electrons. The van der Waals surface area contributed by atoms with Crippen molar-refractivity contribution in [2.75, 3.05) is 20.1 Å². The van der Waals surface area contributed by atoms with Crippen LogP contribution in [-0.2, 0) is 6.54 Å². The van der Waals surface area contributed by atoms with Crippen LogP contribution in [0.3, 0.4) is 0 Å². The van der Waals surface area contributed by atoms with Gasteiger partial charge in [0.2, 0.25) is 0 Å². The predicted molar refractivity (Wildman–Crippen MR) is 73.4 cm³/mol. The minimum Gasteiger partial charge on any atom is -0.312 e. The Kier molecular flexibility index (Phi) is 6.36. The van der Waals surface area contributed by atoms with E-state index in [1.807, 2.05) is 11.4 Å². The maximum Gasteiger partial charge on any atom is 0.0516 e. The number of halogens is 1. The van der Waals surface area contributed by atoms with Gasteiger partial charge in [-0.3, -0.25) is 0 Å². The summed E-state index contributed by atoms with van der Waals surface area (Å²) in [5.41, 5.74) is 0. The first kappa shape index (κ1) is 14.0. The lowest BCUT2D eigenvalue weighted by molar-refractivity contribution is 0.269. The highest BCUT2D eigenvalue weighted by molar-refractivity contribution is 7.10. The van der Waals surface area contributed by atoms with E-state index in [2.05, 4.69) is 31.1 Å². The molecule has 4 heteroatoms. The van der Waals surface area contributed by atoms with Crippen LogP contribution in [0.1, 0.15) is 25.1 Å². The number of rotatable bonds is 7. The average Bonchev–Trinajstić information content (AvgIpc) is 2.63. The second kappa shape index (κ2) is 7.28. The van der Waals surface area contributed by atoms with Gasteiger partial charge in [0.1, 0.15) is 0 Å². The molecule has 1 N–H and O–H groups in total. The molecule has 0 atom stereocenters. The van der Waals surface area contributed by atoms with E-state index in [4.69, 9.17) is 11.6 Å². The molecule has 2 nitrogen and oxygen atoms in total. The van der Waals surface area contributed by atoms with Gasteiger partial charge in [0.15, 0.2) is 0 Å². The second-order valence-electron chi connectivity index (χ2n) is 4.34. The predicted octanol–water partition coefficient (Wildman–Crippen LogP) is 3.22. The first-order valence-corrected chi connectivity index (χ1v) is 6.99. The summed E-state index contributed by atoms with van der Waals surface area (Å²) >= 11 is 7.57. The van der Waals surface area contributed by atoms with Crippen LogP contribution in [0.4, 0.5) is 0 Å². The molecule has 0 amide bonds. The summed E-state index contributed by atoms with van der Waals surface area (Å²) in [6.45, 7) is 7.59. The molecule has 0 saturated carbocycles. The third kappa shape index (κ3) is 5.30. The Hall–Kier alpha value is -0.0900. The highest BCUT2D eigenvalue weighted by Gasteiger charge is 2.02. The van der Waals surface area contributed by atoms with E-state index in [0.29, 0.717) is 6.04 Å². The van der Waals surface area contributed by atoms with Gasteiger partial charge in [0.05, 0.1) is 5.02 Å². The number of hydrogen-bond acceptors (Lipinski definition) is 3. The van der Waals surface area contributed by atoms with E-state index in [0.717, 1.165) is 24.7 Å². The van der Waals surface area contributed by atoms with Crippen molar-refractivity contribution in [2.24, 2.45) is 0 Å². The van der Waals surface area contributed by atoms with Crippen LogP contribution in [0.5, 0.6) is 0 Å². The molecule has 1 aromatic rings. The van der Waals surface area contributed by atoms with Crippen molar-refractivity contribution in [3.63, 3.8) is 0 Å². The van der Waals surface area contributed by atoms with Gasteiger partial charge in [-0.05, 0) is 46.5 Å². The van der Waals surface area contributed by atoms with E-state index in [1.165, 1.54) is 11.3 Å². The van der Waals surface area contributed by atoms with Crippen molar-refractivity contribution in [1.29, 1.82) is 0 Å². The molecule has 0 spiro atoms. The largest absolute Gasteiger partial charge is 0.312 e. The molecule has 0 saturated heterocycles. The maximum atomic E-state index is 5.85. The van der Waals surface area contributed by atoms with Gasteiger partial charge >= 0.3 is 0 Å². The second-order valence-corrected chi connectivity index (χ2v) is 5.77. The monoisotopic (exact) mass is 260 g/mol.